The lowest BCUT2D eigenvalue weighted by atomic mass is 10.1. The molecule has 1 saturated carbocycles. The number of nitrogens with one attached hydrogen (secondary N) is 2. The molecular weight excluding hydrogens is 296 g/mol. The summed E-state index contributed by atoms with van der Waals surface area (Å²) in [6.07, 6.45) is 0. The van der Waals surface area contributed by atoms with Gasteiger partial charge in [0, 0.05) is 17.3 Å². The number of hydrogen-bond acceptors (Lipinski definition) is 3. The molecule has 0 aliphatic heterocycles. The third-order valence-corrected chi connectivity index (χ3v) is 4.30. The van der Waals surface area contributed by atoms with E-state index >= 15 is 0 Å². The van der Waals surface area contributed by atoms with Gasteiger partial charge >= 0.3 is 5.97 Å². The molecule has 0 spiro atoms. The highest BCUT2D eigenvalue weighted by Gasteiger charge is 2.65. The van der Waals surface area contributed by atoms with Crippen LogP contribution in [0.25, 0.3) is 0 Å². The van der Waals surface area contributed by atoms with E-state index in [0.717, 1.165) is 0 Å². The molecule has 1 aromatic carbocycles. The second kappa shape index (κ2) is 6.02. The molecule has 0 heterocycles. The lowest BCUT2D eigenvalue weighted by Gasteiger charge is -2.10. The molecule has 124 valence electrons. The zero-order valence-corrected chi connectivity index (χ0v) is 13.7. The smallest absolute Gasteiger partial charge is 0.307 e. The Bertz CT molecular complexity index is 652. The molecule has 1 aromatic rings. The van der Waals surface area contributed by atoms with Crippen molar-refractivity contribution in [2.75, 3.05) is 10.6 Å². The quantitative estimate of drug-likeness (QED) is 0.777. The monoisotopic (exact) mass is 318 g/mol. The van der Waals surface area contributed by atoms with Gasteiger partial charge in [0.1, 0.15) is 0 Å². The molecular formula is C17H22N2O4. The van der Waals surface area contributed by atoms with Gasteiger partial charge in [-0.25, -0.2) is 0 Å². The van der Waals surface area contributed by atoms with Gasteiger partial charge < -0.3 is 15.7 Å². The van der Waals surface area contributed by atoms with E-state index in [1.165, 1.54) is 0 Å². The minimum Gasteiger partial charge on any atom is -0.481 e. The van der Waals surface area contributed by atoms with Crippen LogP contribution < -0.4 is 10.6 Å². The van der Waals surface area contributed by atoms with E-state index < -0.39 is 23.2 Å². The molecule has 0 aromatic heterocycles. The van der Waals surface area contributed by atoms with Gasteiger partial charge in [0.15, 0.2) is 0 Å². The maximum atomic E-state index is 12.3. The molecule has 2 unspecified atom stereocenters. The van der Waals surface area contributed by atoms with Crippen molar-refractivity contribution >= 4 is 29.2 Å². The SMILES string of the molecule is CC(C)C(=O)Nc1cccc(NC(=O)C2C(C(=O)O)C2(C)C)c1. The number of carboxylic acid groups (broad SMARTS) is 1. The Morgan fingerprint density at radius 1 is 1.09 bits per heavy atom. The molecule has 1 aliphatic carbocycles. The van der Waals surface area contributed by atoms with E-state index in [9.17, 15) is 14.4 Å². The fourth-order valence-electron chi connectivity index (χ4n) is 2.77. The summed E-state index contributed by atoms with van der Waals surface area (Å²) in [5.41, 5.74) is 0.578. The second-order valence-corrected chi connectivity index (χ2v) is 6.83. The van der Waals surface area contributed by atoms with Crippen LogP contribution in [-0.2, 0) is 14.4 Å². The molecule has 23 heavy (non-hydrogen) atoms. The predicted molar refractivity (Wildman–Crippen MR) is 86.9 cm³/mol. The van der Waals surface area contributed by atoms with Crippen molar-refractivity contribution < 1.29 is 19.5 Å². The summed E-state index contributed by atoms with van der Waals surface area (Å²) in [7, 11) is 0. The first-order chi connectivity index (χ1) is 10.6. The number of rotatable bonds is 5. The fourth-order valence-corrected chi connectivity index (χ4v) is 2.77. The van der Waals surface area contributed by atoms with Gasteiger partial charge in [-0.05, 0) is 23.6 Å². The third kappa shape index (κ3) is 3.52. The van der Waals surface area contributed by atoms with Crippen LogP contribution in [0.1, 0.15) is 27.7 Å². The molecule has 0 saturated heterocycles. The summed E-state index contributed by atoms with van der Waals surface area (Å²) in [6, 6.07) is 6.81. The van der Waals surface area contributed by atoms with Gasteiger partial charge in [-0.15, -0.1) is 0 Å². The summed E-state index contributed by atoms with van der Waals surface area (Å²) in [4.78, 5) is 35.1. The summed E-state index contributed by atoms with van der Waals surface area (Å²) in [6.45, 7) is 7.13. The predicted octanol–water partition coefficient (Wildman–Crippen LogP) is 2.58. The van der Waals surface area contributed by atoms with Crippen molar-refractivity contribution in [3.63, 3.8) is 0 Å². The van der Waals surface area contributed by atoms with Gasteiger partial charge in [-0.3, -0.25) is 14.4 Å². The maximum absolute atomic E-state index is 12.3. The van der Waals surface area contributed by atoms with Crippen molar-refractivity contribution in [3.8, 4) is 0 Å². The maximum Gasteiger partial charge on any atom is 0.307 e. The van der Waals surface area contributed by atoms with E-state index in [1.54, 1.807) is 52.0 Å². The van der Waals surface area contributed by atoms with Gasteiger partial charge in [0.25, 0.3) is 0 Å². The van der Waals surface area contributed by atoms with Crippen LogP contribution in [0.15, 0.2) is 24.3 Å². The number of anilines is 2. The first-order valence-electron chi connectivity index (χ1n) is 7.59. The van der Waals surface area contributed by atoms with E-state index in [4.69, 9.17) is 5.11 Å². The molecule has 1 fully saturated rings. The molecule has 0 bridgehead atoms. The first-order valence-corrected chi connectivity index (χ1v) is 7.59. The fraction of sp³-hybridized carbons (Fsp3) is 0.471. The topological polar surface area (TPSA) is 95.5 Å². The zero-order valence-electron chi connectivity index (χ0n) is 13.7. The Morgan fingerprint density at radius 3 is 2.13 bits per heavy atom. The standard InChI is InChI=1S/C17H22N2O4/c1-9(2)14(20)18-10-6-5-7-11(8-10)19-15(21)12-13(16(22)23)17(12,3)4/h5-9,12-13H,1-4H3,(H,18,20)(H,19,21)(H,22,23). The highest BCUT2D eigenvalue weighted by Crippen LogP contribution is 2.58. The van der Waals surface area contributed by atoms with Crippen LogP contribution in [0, 0.1) is 23.2 Å². The van der Waals surface area contributed by atoms with Crippen molar-refractivity contribution in [1.29, 1.82) is 0 Å². The van der Waals surface area contributed by atoms with Gasteiger partial charge in [0.2, 0.25) is 11.8 Å². The zero-order chi connectivity index (χ0) is 17.4. The Hall–Kier alpha value is -2.37. The number of carbonyl (C=O) groups is 3. The van der Waals surface area contributed by atoms with Crippen molar-refractivity contribution in [2.24, 2.45) is 23.2 Å². The molecule has 2 rings (SSSR count). The first kappa shape index (κ1) is 17.0. The molecule has 0 radical (unpaired) electrons. The summed E-state index contributed by atoms with van der Waals surface area (Å²) in [5.74, 6) is -2.72. The summed E-state index contributed by atoms with van der Waals surface area (Å²) < 4.78 is 0. The highest BCUT2D eigenvalue weighted by molar-refractivity contribution is 6.00. The average molecular weight is 318 g/mol. The molecule has 1 aliphatic rings. The molecule has 2 atom stereocenters. The van der Waals surface area contributed by atoms with E-state index in [1.807, 2.05) is 0 Å². The molecule has 2 amide bonds. The second-order valence-electron chi connectivity index (χ2n) is 6.83. The number of carboxylic acids is 1. The third-order valence-electron chi connectivity index (χ3n) is 4.30. The highest BCUT2D eigenvalue weighted by atomic mass is 16.4. The Morgan fingerprint density at radius 2 is 1.65 bits per heavy atom. The van der Waals surface area contributed by atoms with Crippen LogP contribution in [-0.4, -0.2) is 22.9 Å². The van der Waals surface area contributed by atoms with E-state index in [0.29, 0.717) is 11.4 Å². The molecule has 6 nitrogen and oxygen atoms in total. The van der Waals surface area contributed by atoms with Crippen molar-refractivity contribution in [3.05, 3.63) is 24.3 Å². The summed E-state index contributed by atoms with van der Waals surface area (Å²) >= 11 is 0. The number of amides is 2. The minimum absolute atomic E-state index is 0.109. The average Bonchev–Trinajstić information content (AvgIpc) is 3.02. The van der Waals surface area contributed by atoms with Crippen LogP contribution in [0.3, 0.4) is 0 Å². The normalized spacial score (nSPS) is 21.6. The molecule has 3 N–H and O–H groups in total. The summed E-state index contributed by atoms with van der Waals surface area (Å²) in [5, 5.41) is 14.6. The number of benzene rings is 1. The lowest BCUT2D eigenvalue weighted by Crippen LogP contribution is -2.19. The number of carbonyl (C=O) groups excluding carboxylic acids is 2. The van der Waals surface area contributed by atoms with Crippen LogP contribution in [0.4, 0.5) is 11.4 Å². The van der Waals surface area contributed by atoms with Crippen molar-refractivity contribution in [2.45, 2.75) is 27.7 Å². The number of aliphatic carboxylic acids is 1. The van der Waals surface area contributed by atoms with Gasteiger partial charge in [-0.2, -0.15) is 0 Å². The minimum atomic E-state index is -0.951. The molecule has 6 heteroatoms. The van der Waals surface area contributed by atoms with Crippen LogP contribution >= 0.6 is 0 Å². The Kier molecular flexibility index (Phi) is 4.45. The Labute approximate surface area is 135 Å². The van der Waals surface area contributed by atoms with Crippen LogP contribution in [0.2, 0.25) is 0 Å². The van der Waals surface area contributed by atoms with E-state index in [2.05, 4.69) is 10.6 Å². The van der Waals surface area contributed by atoms with Crippen molar-refractivity contribution in [1.82, 2.24) is 0 Å². The van der Waals surface area contributed by atoms with Gasteiger partial charge in [0.05, 0.1) is 11.8 Å². The van der Waals surface area contributed by atoms with E-state index in [-0.39, 0.29) is 17.7 Å². The largest absolute Gasteiger partial charge is 0.481 e. The number of hydrogen-bond donors (Lipinski definition) is 3. The van der Waals surface area contributed by atoms with Crippen LogP contribution in [0.5, 0.6) is 0 Å². The lowest BCUT2D eigenvalue weighted by molar-refractivity contribution is -0.140. The van der Waals surface area contributed by atoms with Gasteiger partial charge in [-0.1, -0.05) is 33.8 Å². The Balaban J connectivity index is 2.05.